The van der Waals surface area contributed by atoms with Gasteiger partial charge in [0.2, 0.25) is 5.95 Å². The van der Waals surface area contributed by atoms with E-state index < -0.39 is 6.10 Å². The zero-order chi connectivity index (χ0) is 13.8. The third-order valence-corrected chi connectivity index (χ3v) is 3.05. The SMILES string of the molecule is C[C@H](Oc1cccc(Cl)c1Cl)C(=O)Nc1ncn[nH]1. The molecule has 0 aliphatic carbocycles. The molecule has 0 spiro atoms. The highest BCUT2D eigenvalue weighted by molar-refractivity contribution is 6.42. The summed E-state index contributed by atoms with van der Waals surface area (Å²) >= 11 is 11.8. The van der Waals surface area contributed by atoms with E-state index in [9.17, 15) is 4.79 Å². The second-order valence-corrected chi connectivity index (χ2v) is 4.42. The van der Waals surface area contributed by atoms with Crippen LogP contribution in [-0.4, -0.2) is 27.2 Å². The van der Waals surface area contributed by atoms with Crippen LogP contribution in [0.1, 0.15) is 6.92 Å². The summed E-state index contributed by atoms with van der Waals surface area (Å²) in [5, 5.41) is 9.26. The molecule has 2 rings (SSSR count). The van der Waals surface area contributed by atoms with E-state index in [0.717, 1.165) is 0 Å². The fourth-order valence-corrected chi connectivity index (χ4v) is 1.64. The summed E-state index contributed by atoms with van der Waals surface area (Å²) in [5.41, 5.74) is 0. The van der Waals surface area contributed by atoms with Crippen LogP contribution in [0.5, 0.6) is 5.75 Å². The largest absolute Gasteiger partial charge is 0.479 e. The van der Waals surface area contributed by atoms with E-state index >= 15 is 0 Å². The molecular formula is C11H10Cl2N4O2. The maximum Gasteiger partial charge on any atom is 0.267 e. The van der Waals surface area contributed by atoms with Crippen LogP contribution in [0.4, 0.5) is 5.95 Å². The van der Waals surface area contributed by atoms with E-state index in [4.69, 9.17) is 27.9 Å². The second kappa shape index (κ2) is 5.90. The average molecular weight is 301 g/mol. The van der Waals surface area contributed by atoms with Crippen LogP contribution in [0.15, 0.2) is 24.5 Å². The van der Waals surface area contributed by atoms with Gasteiger partial charge in [-0.25, -0.2) is 5.10 Å². The van der Waals surface area contributed by atoms with Crippen LogP contribution >= 0.6 is 23.2 Å². The van der Waals surface area contributed by atoms with Gasteiger partial charge in [-0.15, -0.1) is 0 Å². The smallest absolute Gasteiger partial charge is 0.267 e. The first-order chi connectivity index (χ1) is 9.08. The van der Waals surface area contributed by atoms with Gasteiger partial charge in [-0.3, -0.25) is 10.1 Å². The van der Waals surface area contributed by atoms with Crippen molar-refractivity contribution in [3.8, 4) is 5.75 Å². The molecule has 19 heavy (non-hydrogen) atoms. The van der Waals surface area contributed by atoms with E-state index in [1.807, 2.05) is 0 Å². The highest BCUT2D eigenvalue weighted by Crippen LogP contribution is 2.32. The number of carbonyl (C=O) groups excluding carboxylic acids is 1. The molecule has 0 unspecified atom stereocenters. The van der Waals surface area contributed by atoms with Crippen LogP contribution in [0.2, 0.25) is 10.0 Å². The summed E-state index contributed by atoms with van der Waals surface area (Å²) in [6.07, 6.45) is 0.524. The lowest BCUT2D eigenvalue weighted by atomic mass is 10.3. The second-order valence-electron chi connectivity index (χ2n) is 3.64. The van der Waals surface area contributed by atoms with Crippen LogP contribution in [0.25, 0.3) is 0 Å². The van der Waals surface area contributed by atoms with Gasteiger partial charge in [0.25, 0.3) is 5.91 Å². The summed E-state index contributed by atoms with van der Waals surface area (Å²) < 4.78 is 5.45. The number of rotatable bonds is 4. The average Bonchev–Trinajstić information content (AvgIpc) is 2.87. The Morgan fingerprint density at radius 1 is 1.47 bits per heavy atom. The quantitative estimate of drug-likeness (QED) is 0.909. The van der Waals surface area contributed by atoms with Crippen LogP contribution in [-0.2, 0) is 4.79 Å². The third kappa shape index (κ3) is 3.36. The summed E-state index contributed by atoms with van der Waals surface area (Å²) in [7, 11) is 0. The number of halogens is 2. The van der Waals surface area contributed by atoms with Crippen molar-refractivity contribution in [2.75, 3.05) is 5.32 Å². The van der Waals surface area contributed by atoms with Crippen molar-refractivity contribution in [2.24, 2.45) is 0 Å². The molecule has 2 aromatic rings. The summed E-state index contributed by atoms with van der Waals surface area (Å²) in [4.78, 5) is 15.6. The number of benzene rings is 1. The lowest BCUT2D eigenvalue weighted by Crippen LogP contribution is -2.30. The number of nitrogens with zero attached hydrogens (tertiary/aromatic N) is 2. The highest BCUT2D eigenvalue weighted by atomic mass is 35.5. The van der Waals surface area contributed by atoms with E-state index in [1.165, 1.54) is 6.33 Å². The Morgan fingerprint density at radius 3 is 2.95 bits per heavy atom. The Labute approximate surface area is 119 Å². The molecule has 100 valence electrons. The number of carbonyl (C=O) groups is 1. The Balaban J connectivity index is 2.02. The monoisotopic (exact) mass is 300 g/mol. The molecule has 0 bridgehead atoms. The fraction of sp³-hybridized carbons (Fsp3) is 0.182. The predicted molar refractivity (Wildman–Crippen MR) is 71.6 cm³/mol. The maximum atomic E-state index is 11.8. The molecule has 0 radical (unpaired) electrons. The van der Waals surface area contributed by atoms with Crippen molar-refractivity contribution < 1.29 is 9.53 Å². The summed E-state index contributed by atoms with van der Waals surface area (Å²) in [6.45, 7) is 1.59. The third-order valence-electron chi connectivity index (χ3n) is 2.25. The van der Waals surface area contributed by atoms with E-state index in [1.54, 1.807) is 25.1 Å². The molecule has 1 aromatic carbocycles. The molecule has 0 fully saturated rings. The Morgan fingerprint density at radius 2 is 2.26 bits per heavy atom. The number of hydrogen-bond donors (Lipinski definition) is 2. The summed E-state index contributed by atoms with van der Waals surface area (Å²) in [6, 6.07) is 4.95. The molecule has 8 heteroatoms. The van der Waals surface area contributed by atoms with Gasteiger partial charge in [-0.1, -0.05) is 29.3 Å². The lowest BCUT2D eigenvalue weighted by Gasteiger charge is -2.15. The van der Waals surface area contributed by atoms with Gasteiger partial charge >= 0.3 is 0 Å². The Kier molecular flexibility index (Phi) is 4.24. The molecule has 0 saturated heterocycles. The van der Waals surface area contributed by atoms with Gasteiger partial charge in [0.1, 0.15) is 17.1 Å². The molecule has 0 saturated carbocycles. The van der Waals surface area contributed by atoms with E-state index in [2.05, 4.69) is 20.5 Å². The van der Waals surface area contributed by atoms with Gasteiger partial charge in [-0.2, -0.15) is 10.1 Å². The first-order valence-corrected chi connectivity index (χ1v) is 6.10. The normalized spacial score (nSPS) is 11.9. The minimum atomic E-state index is -0.763. The van der Waals surface area contributed by atoms with Gasteiger partial charge in [0.15, 0.2) is 6.10 Å². The molecular weight excluding hydrogens is 291 g/mol. The number of anilines is 1. The molecule has 1 atom stereocenters. The van der Waals surface area contributed by atoms with Gasteiger partial charge in [0.05, 0.1) is 5.02 Å². The first-order valence-electron chi connectivity index (χ1n) is 5.35. The zero-order valence-corrected chi connectivity index (χ0v) is 11.4. The zero-order valence-electron chi connectivity index (χ0n) is 9.85. The minimum absolute atomic E-state index is 0.248. The van der Waals surface area contributed by atoms with Crippen LogP contribution in [0.3, 0.4) is 0 Å². The van der Waals surface area contributed by atoms with Crippen molar-refractivity contribution in [3.05, 3.63) is 34.6 Å². The first kappa shape index (κ1) is 13.6. The van der Waals surface area contributed by atoms with Crippen molar-refractivity contribution in [2.45, 2.75) is 13.0 Å². The molecule has 1 aromatic heterocycles. The van der Waals surface area contributed by atoms with E-state index in [0.29, 0.717) is 10.8 Å². The minimum Gasteiger partial charge on any atom is -0.479 e. The van der Waals surface area contributed by atoms with Crippen molar-refractivity contribution in [1.82, 2.24) is 15.2 Å². The number of nitrogens with one attached hydrogen (secondary N) is 2. The molecule has 0 aliphatic rings. The molecule has 6 nitrogen and oxygen atoms in total. The topological polar surface area (TPSA) is 79.9 Å². The van der Waals surface area contributed by atoms with Crippen LogP contribution < -0.4 is 10.1 Å². The standard InChI is InChI=1S/C11H10Cl2N4O2/c1-6(10(18)16-11-14-5-15-17-11)19-8-4-2-3-7(12)9(8)13/h2-6H,1H3,(H2,14,15,16,17,18)/t6-/m0/s1. The van der Waals surface area contributed by atoms with Crippen molar-refractivity contribution >= 4 is 35.1 Å². The number of ether oxygens (including phenoxy) is 1. The molecule has 0 aliphatic heterocycles. The highest BCUT2D eigenvalue weighted by Gasteiger charge is 2.17. The molecule has 1 heterocycles. The number of hydrogen-bond acceptors (Lipinski definition) is 4. The Bertz CT molecular complexity index is 574. The van der Waals surface area contributed by atoms with Crippen LogP contribution in [0, 0.1) is 0 Å². The number of H-pyrrole nitrogens is 1. The molecule has 2 N–H and O–H groups in total. The number of amides is 1. The van der Waals surface area contributed by atoms with E-state index in [-0.39, 0.29) is 16.9 Å². The summed E-state index contributed by atoms with van der Waals surface area (Å²) in [5.74, 6) is 0.208. The van der Waals surface area contributed by atoms with Gasteiger partial charge in [0, 0.05) is 0 Å². The predicted octanol–water partition coefficient (Wildman–Crippen LogP) is 2.52. The Hall–Kier alpha value is -1.79. The maximum absolute atomic E-state index is 11.8. The van der Waals surface area contributed by atoms with Gasteiger partial charge < -0.3 is 4.74 Å². The number of aromatic amines is 1. The fourth-order valence-electron chi connectivity index (χ4n) is 1.30. The van der Waals surface area contributed by atoms with Crippen molar-refractivity contribution in [3.63, 3.8) is 0 Å². The lowest BCUT2D eigenvalue weighted by molar-refractivity contribution is -0.122. The molecule has 1 amide bonds. The van der Waals surface area contributed by atoms with Gasteiger partial charge in [-0.05, 0) is 19.1 Å². The number of aromatic nitrogens is 3. The van der Waals surface area contributed by atoms with Crippen molar-refractivity contribution in [1.29, 1.82) is 0 Å².